The molecular weight excluding hydrogens is 332 g/mol. The summed E-state index contributed by atoms with van der Waals surface area (Å²) in [5, 5.41) is 3.42. The highest BCUT2D eigenvalue weighted by atomic mass is 35.5. The van der Waals surface area contributed by atoms with Crippen LogP contribution in [-0.2, 0) is 4.79 Å². The van der Waals surface area contributed by atoms with Crippen LogP contribution in [0.5, 0.6) is 0 Å². The molecule has 3 unspecified atom stereocenters. The van der Waals surface area contributed by atoms with Gasteiger partial charge in [0, 0.05) is 24.9 Å². The molecule has 4 heteroatoms. The SMILES string of the molecule is Cc1ccccc1C1CC(C)N(C(=O)CC(C)C2CCNCC2)C1.Cl. The average molecular weight is 365 g/mol. The van der Waals surface area contributed by atoms with Crippen LogP contribution in [0, 0.1) is 18.8 Å². The number of carbonyl (C=O) groups excluding carboxylic acids is 1. The zero-order valence-corrected chi connectivity index (χ0v) is 16.6. The highest BCUT2D eigenvalue weighted by Crippen LogP contribution is 2.34. The second-order valence-electron chi connectivity index (χ2n) is 7.95. The molecule has 0 aliphatic carbocycles. The number of piperidine rings is 1. The Labute approximate surface area is 159 Å². The third kappa shape index (κ3) is 4.77. The maximum absolute atomic E-state index is 12.9. The smallest absolute Gasteiger partial charge is 0.223 e. The molecule has 1 N–H and O–H groups in total. The summed E-state index contributed by atoms with van der Waals surface area (Å²) in [6.45, 7) is 9.78. The first-order valence-electron chi connectivity index (χ1n) is 9.62. The van der Waals surface area contributed by atoms with Crippen LogP contribution >= 0.6 is 12.4 Å². The minimum atomic E-state index is 0. The van der Waals surface area contributed by atoms with Crippen molar-refractivity contribution in [2.24, 2.45) is 11.8 Å². The Hall–Kier alpha value is -1.06. The normalized spacial score (nSPS) is 25.5. The van der Waals surface area contributed by atoms with E-state index in [1.54, 1.807) is 0 Å². The number of hydrogen-bond donors (Lipinski definition) is 1. The molecule has 2 saturated heterocycles. The van der Waals surface area contributed by atoms with E-state index >= 15 is 0 Å². The number of hydrogen-bond acceptors (Lipinski definition) is 2. The molecular formula is C21H33ClN2O. The van der Waals surface area contributed by atoms with E-state index in [-0.39, 0.29) is 12.4 Å². The van der Waals surface area contributed by atoms with E-state index in [2.05, 4.69) is 55.3 Å². The molecule has 2 aliphatic heterocycles. The zero-order chi connectivity index (χ0) is 17.1. The fraction of sp³-hybridized carbons (Fsp3) is 0.667. The van der Waals surface area contributed by atoms with Crippen LogP contribution < -0.4 is 5.32 Å². The van der Waals surface area contributed by atoms with E-state index in [1.807, 2.05) is 0 Å². The first kappa shape index (κ1) is 20.3. The number of amides is 1. The van der Waals surface area contributed by atoms with Crippen molar-refractivity contribution in [3.63, 3.8) is 0 Å². The number of aryl methyl sites for hydroxylation is 1. The van der Waals surface area contributed by atoms with Crippen LogP contribution in [0.4, 0.5) is 0 Å². The summed E-state index contributed by atoms with van der Waals surface area (Å²) in [4.78, 5) is 15.0. The summed E-state index contributed by atoms with van der Waals surface area (Å²) in [5.74, 6) is 2.08. The van der Waals surface area contributed by atoms with Gasteiger partial charge in [0.2, 0.25) is 5.91 Å². The molecule has 140 valence electrons. The van der Waals surface area contributed by atoms with Gasteiger partial charge >= 0.3 is 0 Å². The summed E-state index contributed by atoms with van der Waals surface area (Å²) >= 11 is 0. The molecule has 0 bridgehead atoms. The lowest BCUT2D eigenvalue weighted by Gasteiger charge is -2.30. The molecule has 0 spiro atoms. The standard InChI is InChI=1S/C21H32N2O.ClH/c1-15-6-4-5-7-20(15)19-13-17(3)23(14-19)21(24)12-16(2)18-8-10-22-11-9-18;/h4-7,16-19,22H,8-14H2,1-3H3;1H. The van der Waals surface area contributed by atoms with Gasteiger partial charge in [-0.15, -0.1) is 12.4 Å². The van der Waals surface area contributed by atoms with Gasteiger partial charge in [-0.3, -0.25) is 4.79 Å². The van der Waals surface area contributed by atoms with Gasteiger partial charge < -0.3 is 10.2 Å². The Morgan fingerprint density at radius 3 is 2.64 bits per heavy atom. The van der Waals surface area contributed by atoms with Crippen LogP contribution in [-0.4, -0.2) is 36.5 Å². The fourth-order valence-corrected chi connectivity index (χ4v) is 4.62. The molecule has 0 saturated carbocycles. The number of nitrogens with zero attached hydrogens (tertiary/aromatic N) is 1. The van der Waals surface area contributed by atoms with Crippen LogP contribution in [0.15, 0.2) is 24.3 Å². The van der Waals surface area contributed by atoms with Gasteiger partial charge in [-0.1, -0.05) is 31.2 Å². The third-order valence-corrected chi connectivity index (χ3v) is 6.21. The third-order valence-electron chi connectivity index (χ3n) is 6.21. The largest absolute Gasteiger partial charge is 0.339 e. The summed E-state index contributed by atoms with van der Waals surface area (Å²) in [5.41, 5.74) is 2.78. The van der Waals surface area contributed by atoms with E-state index in [0.29, 0.717) is 29.7 Å². The summed E-state index contributed by atoms with van der Waals surface area (Å²) in [7, 11) is 0. The Kier molecular flexibility index (Phi) is 7.33. The Balaban J connectivity index is 0.00000225. The Morgan fingerprint density at radius 1 is 1.28 bits per heavy atom. The van der Waals surface area contributed by atoms with E-state index in [4.69, 9.17) is 0 Å². The topological polar surface area (TPSA) is 32.3 Å². The average Bonchev–Trinajstić information content (AvgIpc) is 2.97. The highest BCUT2D eigenvalue weighted by molar-refractivity contribution is 5.85. The predicted molar refractivity (Wildman–Crippen MR) is 106 cm³/mol. The van der Waals surface area contributed by atoms with E-state index in [9.17, 15) is 4.79 Å². The van der Waals surface area contributed by atoms with E-state index in [1.165, 1.54) is 24.0 Å². The second kappa shape index (κ2) is 9.05. The van der Waals surface area contributed by atoms with Crippen molar-refractivity contribution in [2.45, 2.75) is 58.4 Å². The summed E-state index contributed by atoms with van der Waals surface area (Å²) in [6, 6.07) is 9.00. The number of halogens is 1. The van der Waals surface area contributed by atoms with Crippen molar-refractivity contribution in [3.8, 4) is 0 Å². The Morgan fingerprint density at radius 2 is 1.96 bits per heavy atom. The first-order valence-corrected chi connectivity index (χ1v) is 9.62. The molecule has 25 heavy (non-hydrogen) atoms. The Bertz CT molecular complexity index is 571. The highest BCUT2D eigenvalue weighted by Gasteiger charge is 2.34. The van der Waals surface area contributed by atoms with Crippen molar-refractivity contribution >= 4 is 18.3 Å². The molecule has 0 radical (unpaired) electrons. The van der Waals surface area contributed by atoms with Gasteiger partial charge in [-0.2, -0.15) is 0 Å². The molecule has 2 heterocycles. The fourth-order valence-electron chi connectivity index (χ4n) is 4.62. The molecule has 1 amide bonds. The summed E-state index contributed by atoms with van der Waals surface area (Å²) in [6.07, 6.45) is 4.25. The zero-order valence-electron chi connectivity index (χ0n) is 15.8. The van der Waals surface area contributed by atoms with Gasteiger partial charge in [-0.25, -0.2) is 0 Å². The molecule has 2 fully saturated rings. The molecule has 1 aromatic carbocycles. The van der Waals surface area contributed by atoms with E-state index < -0.39 is 0 Å². The molecule has 3 nitrogen and oxygen atoms in total. The quantitative estimate of drug-likeness (QED) is 0.870. The number of benzene rings is 1. The molecule has 2 aliphatic rings. The lowest BCUT2D eigenvalue weighted by atomic mass is 9.84. The van der Waals surface area contributed by atoms with Gasteiger partial charge in [0.15, 0.2) is 0 Å². The monoisotopic (exact) mass is 364 g/mol. The van der Waals surface area contributed by atoms with Crippen LogP contribution in [0.3, 0.4) is 0 Å². The van der Waals surface area contributed by atoms with Crippen molar-refractivity contribution in [1.82, 2.24) is 10.2 Å². The number of nitrogens with one attached hydrogen (secondary N) is 1. The number of carbonyl (C=O) groups is 1. The number of rotatable bonds is 4. The van der Waals surface area contributed by atoms with Crippen molar-refractivity contribution in [1.29, 1.82) is 0 Å². The summed E-state index contributed by atoms with van der Waals surface area (Å²) < 4.78 is 0. The predicted octanol–water partition coefficient (Wildman–Crippen LogP) is 4.15. The van der Waals surface area contributed by atoms with Crippen molar-refractivity contribution in [3.05, 3.63) is 35.4 Å². The molecule has 1 aromatic rings. The number of likely N-dealkylation sites (tertiary alicyclic amines) is 1. The van der Waals surface area contributed by atoms with Crippen LogP contribution in [0.25, 0.3) is 0 Å². The van der Waals surface area contributed by atoms with Gasteiger partial charge in [-0.05, 0) is 69.2 Å². The van der Waals surface area contributed by atoms with Gasteiger partial charge in [0.05, 0.1) is 0 Å². The van der Waals surface area contributed by atoms with Crippen molar-refractivity contribution < 1.29 is 4.79 Å². The minimum Gasteiger partial charge on any atom is -0.339 e. The maximum Gasteiger partial charge on any atom is 0.223 e. The maximum atomic E-state index is 12.9. The van der Waals surface area contributed by atoms with E-state index in [0.717, 1.165) is 32.5 Å². The van der Waals surface area contributed by atoms with Gasteiger partial charge in [0.25, 0.3) is 0 Å². The second-order valence-corrected chi connectivity index (χ2v) is 7.95. The molecule has 0 aromatic heterocycles. The van der Waals surface area contributed by atoms with Crippen LogP contribution in [0.1, 0.15) is 56.6 Å². The van der Waals surface area contributed by atoms with Crippen molar-refractivity contribution in [2.75, 3.05) is 19.6 Å². The molecule has 3 rings (SSSR count). The molecule has 3 atom stereocenters. The van der Waals surface area contributed by atoms with Crippen LogP contribution in [0.2, 0.25) is 0 Å². The minimum absolute atomic E-state index is 0. The first-order chi connectivity index (χ1) is 11.6. The lowest BCUT2D eigenvalue weighted by molar-refractivity contribution is -0.133. The van der Waals surface area contributed by atoms with Gasteiger partial charge in [0.1, 0.15) is 0 Å². The lowest BCUT2D eigenvalue weighted by Crippen LogP contribution is -2.37.